The van der Waals surface area contributed by atoms with Gasteiger partial charge in [0.1, 0.15) is 17.8 Å². The predicted molar refractivity (Wildman–Crippen MR) is 75.8 cm³/mol. The molecule has 0 saturated heterocycles. The molecule has 100 valence electrons. The third kappa shape index (κ3) is 2.81. The molecule has 0 radical (unpaired) electrons. The lowest BCUT2D eigenvalue weighted by Crippen LogP contribution is -2.05. The normalized spacial score (nSPS) is 10.8. The number of halogens is 1. The Hall–Kier alpha value is -1.76. The van der Waals surface area contributed by atoms with Crippen LogP contribution in [0.15, 0.2) is 16.9 Å². The van der Waals surface area contributed by atoms with Crippen LogP contribution in [0.3, 0.4) is 0 Å². The van der Waals surface area contributed by atoms with Gasteiger partial charge >= 0.3 is 0 Å². The second-order valence-electron chi connectivity index (χ2n) is 4.23. The van der Waals surface area contributed by atoms with E-state index in [9.17, 15) is 0 Å². The van der Waals surface area contributed by atoms with Gasteiger partial charge in [-0.3, -0.25) is 0 Å². The number of anilines is 1. The molecule has 0 aliphatic rings. The van der Waals surface area contributed by atoms with E-state index in [0.29, 0.717) is 23.2 Å². The van der Waals surface area contributed by atoms with Crippen molar-refractivity contribution in [1.82, 2.24) is 19.9 Å². The molecule has 2 aromatic rings. The predicted octanol–water partition coefficient (Wildman–Crippen LogP) is 2.41. The van der Waals surface area contributed by atoms with Gasteiger partial charge in [0.2, 0.25) is 5.88 Å². The fourth-order valence-electron chi connectivity index (χ4n) is 1.55. The average molecular weight is 324 g/mol. The SMILES string of the molecule is COc1cc(-c2nc(N)c(Br)c(C(C)C)n2)ncn1. The summed E-state index contributed by atoms with van der Waals surface area (Å²) in [6.07, 6.45) is 1.41. The van der Waals surface area contributed by atoms with Gasteiger partial charge < -0.3 is 10.5 Å². The molecule has 19 heavy (non-hydrogen) atoms. The van der Waals surface area contributed by atoms with Gasteiger partial charge in [-0.05, 0) is 21.8 Å². The molecule has 2 rings (SSSR count). The number of ether oxygens (including phenoxy) is 1. The summed E-state index contributed by atoms with van der Waals surface area (Å²) in [5.74, 6) is 1.54. The Balaban J connectivity index is 2.56. The summed E-state index contributed by atoms with van der Waals surface area (Å²) in [5, 5.41) is 0. The molecule has 0 aromatic carbocycles. The first-order chi connectivity index (χ1) is 9.02. The molecule has 0 bridgehead atoms. The number of aromatic nitrogens is 4. The standard InChI is InChI=1S/C12H14BrN5O/c1-6(2)10-9(13)11(14)18-12(17-10)7-4-8(19-3)16-5-15-7/h4-6H,1-3H3,(H2,14,17,18). The van der Waals surface area contributed by atoms with Crippen LogP contribution < -0.4 is 10.5 Å². The maximum atomic E-state index is 5.89. The number of hydrogen-bond donors (Lipinski definition) is 1. The molecular formula is C12H14BrN5O. The van der Waals surface area contributed by atoms with Crippen LogP contribution in [0.4, 0.5) is 5.82 Å². The topological polar surface area (TPSA) is 86.8 Å². The minimum Gasteiger partial charge on any atom is -0.481 e. The summed E-state index contributed by atoms with van der Waals surface area (Å²) in [4.78, 5) is 16.8. The first-order valence-electron chi connectivity index (χ1n) is 5.72. The number of nitrogens with zero attached hydrogens (tertiary/aromatic N) is 4. The van der Waals surface area contributed by atoms with E-state index in [1.54, 1.807) is 13.2 Å². The summed E-state index contributed by atoms with van der Waals surface area (Å²) in [5.41, 5.74) is 7.32. The molecule has 0 aliphatic heterocycles. The monoisotopic (exact) mass is 323 g/mol. The summed E-state index contributed by atoms with van der Waals surface area (Å²) in [6, 6.07) is 1.67. The van der Waals surface area contributed by atoms with E-state index >= 15 is 0 Å². The van der Waals surface area contributed by atoms with Crippen molar-refractivity contribution in [2.75, 3.05) is 12.8 Å². The van der Waals surface area contributed by atoms with Crippen molar-refractivity contribution in [3.8, 4) is 17.4 Å². The van der Waals surface area contributed by atoms with Crippen LogP contribution in [0.2, 0.25) is 0 Å². The zero-order valence-corrected chi connectivity index (χ0v) is 12.5. The van der Waals surface area contributed by atoms with Crippen LogP contribution in [0.25, 0.3) is 11.5 Å². The lowest BCUT2D eigenvalue weighted by molar-refractivity contribution is 0.397. The Morgan fingerprint density at radius 3 is 2.63 bits per heavy atom. The van der Waals surface area contributed by atoms with E-state index in [1.165, 1.54) is 6.33 Å². The molecule has 6 nitrogen and oxygen atoms in total. The first kappa shape index (κ1) is 13.7. The maximum absolute atomic E-state index is 5.89. The summed E-state index contributed by atoms with van der Waals surface area (Å²) >= 11 is 3.41. The van der Waals surface area contributed by atoms with Crippen LogP contribution in [-0.2, 0) is 0 Å². The Kier molecular flexibility index (Phi) is 3.94. The molecule has 2 N–H and O–H groups in total. The highest BCUT2D eigenvalue weighted by atomic mass is 79.9. The van der Waals surface area contributed by atoms with Crippen molar-refractivity contribution in [3.63, 3.8) is 0 Å². The first-order valence-corrected chi connectivity index (χ1v) is 6.51. The lowest BCUT2D eigenvalue weighted by atomic mass is 10.1. The van der Waals surface area contributed by atoms with E-state index in [4.69, 9.17) is 10.5 Å². The van der Waals surface area contributed by atoms with Gasteiger partial charge in [0.05, 0.1) is 17.3 Å². The smallest absolute Gasteiger partial charge is 0.216 e. The minimum atomic E-state index is 0.224. The largest absolute Gasteiger partial charge is 0.481 e. The Morgan fingerprint density at radius 1 is 1.26 bits per heavy atom. The minimum absolute atomic E-state index is 0.224. The van der Waals surface area contributed by atoms with Gasteiger partial charge in [-0.2, -0.15) is 0 Å². The van der Waals surface area contributed by atoms with Gasteiger partial charge in [-0.1, -0.05) is 13.8 Å². The lowest BCUT2D eigenvalue weighted by Gasteiger charge is -2.11. The van der Waals surface area contributed by atoms with Crippen molar-refractivity contribution in [3.05, 3.63) is 22.6 Å². The average Bonchev–Trinajstić information content (AvgIpc) is 2.41. The fraction of sp³-hybridized carbons (Fsp3) is 0.333. The van der Waals surface area contributed by atoms with E-state index in [2.05, 4.69) is 35.9 Å². The van der Waals surface area contributed by atoms with E-state index in [1.807, 2.05) is 13.8 Å². The van der Waals surface area contributed by atoms with E-state index in [0.717, 1.165) is 10.2 Å². The summed E-state index contributed by atoms with van der Waals surface area (Å²) < 4.78 is 5.79. The zero-order valence-electron chi connectivity index (χ0n) is 10.9. The van der Waals surface area contributed by atoms with Gasteiger partial charge in [-0.15, -0.1) is 0 Å². The molecule has 0 saturated carbocycles. The van der Waals surface area contributed by atoms with Crippen molar-refractivity contribution < 1.29 is 4.74 Å². The number of hydrogen-bond acceptors (Lipinski definition) is 6. The fourth-order valence-corrected chi connectivity index (χ4v) is 2.19. The van der Waals surface area contributed by atoms with Crippen LogP contribution in [-0.4, -0.2) is 27.0 Å². The van der Waals surface area contributed by atoms with Crippen molar-refractivity contribution in [2.24, 2.45) is 0 Å². The molecule has 0 unspecified atom stereocenters. The van der Waals surface area contributed by atoms with Crippen LogP contribution in [0.1, 0.15) is 25.5 Å². The highest BCUT2D eigenvalue weighted by Crippen LogP contribution is 2.29. The molecule has 0 aliphatic carbocycles. The van der Waals surface area contributed by atoms with Gasteiger partial charge in [0, 0.05) is 6.07 Å². The van der Waals surface area contributed by atoms with E-state index in [-0.39, 0.29) is 5.92 Å². The third-order valence-electron chi connectivity index (χ3n) is 2.53. The molecule has 0 spiro atoms. The molecule has 0 atom stereocenters. The van der Waals surface area contributed by atoms with Crippen LogP contribution in [0, 0.1) is 0 Å². The highest BCUT2D eigenvalue weighted by molar-refractivity contribution is 9.10. The summed E-state index contributed by atoms with van der Waals surface area (Å²) in [7, 11) is 1.54. The van der Waals surface area contributed by atoms with E-state index < -0.39 is 0 Å². The Bertz CT molecular complexity index is 603. The van der Waals surface area contributed by atoms with Crippen molar-refractivity contribution in [1.29, 1.82) is 0 Å². The molecule has 0 amide bonds. The number of nitrogen functional groups attached to an aromatic ring is 1. The molecule has 2 heterocycles. The van der Waals surface area contributed by atoms with Crippen LogP contribution in [0.5, 0.6) is 5.88 Å². The molecule has 2 aromatic heterocycles. The Morgan fingerprint density at radius 2 is 2.00 bits per heavy atom. The van der Waals surface area contributed by atoms with Crippen LogP contribution >= 0.6 is 15.9 Å². The molecular weight excluding hydrogens is 310 g/mol. The number of rotatable bonds is 3. The quantitative estimate of drug-likeness (QED) is 0.933. The van der Waals surface area contributed by atoms with Gasteiger partial charge in [-0.25, -0.2) is 19.9 Å². The zero-order chi connectivity index (χ0) is 14.0. The molecule has 7 heteroatoms. The maximum Gasteiger partial charge on any atom is 0.216 e. The second-order valence-corrected chi connectivity index (χ2v) is 5.02. The third-order valence-corrected chi connectivity index (χ3v) is 3.34. The number of nitrogens with two attached hydrogens (primary N) is 1. The number of methoxy groups -OCH3 is 1. The highest BCUT2D eigenvalue weighted by Gasteiger charge is 2.15. The Labute approximate surface area is 119 Å². The van der Waals surface area contributed by atoms with Gasteiger partial charge in [0.25, 0.3) is 0 Å². The second kappa shape index (κ2) is 5.48. The van der Waals surface area contributed by atoms with Gasteiger partial charge in [0.15, 0.2) is 5.82 Å². The van der Waals surface area contributed by atoms with Crippen molar-refractivity contribution >= 4 is 21.7 Å². The molecule has 0 fully saturated rings. The van der Waals surface area contributed by atoms with Crippen molar-refractivity contribution in [2.45, 2.75) is 19.8 Å². The summed E-state index contributed by atoms with van der Waals surface area (Å²) in [6.45, 7) is 4.08.